The lowest BCUT2D eigenvalue weighted by Crippen LogP contribution is -2.10. The first-order valence-electron chi connectivity index (χ1n) is 3.98. The van der Waals surface area contributed by atoms with Crippen LogP contribution in [0, 0.1) is 5.82 Å². The van der Waals surface area contributed by atoms with Gasteiger partial charge in [0, 0.05) is 5.69 Å². The standard InChI is InChI=1S/C9H9BrFNO2/c1-2-14-9(13)7-6(12)4-3-5(10)8(7)11/h3-4H,2,12H2,1H3. The number of esters is 1. The lowest BCUT2D eigenvalue weighted by Gasteiger charge is -2.07. The lowest BCUT2D eigenvalue weighted by molar-refractivity contribution is 0.0522. The van der Waals surface area contributed by atoms with E-state index in [1.165, 1.54) is 12.1 Å². The molecule has 0 saturated carbocycles. The minimum absolute atomic E-state index is 0.0733. The van der Waals surface area contributed by atoms with E-state index in [9.17, 15) is 9.18 Å². The van der Waals surface area contributed by atoms with Gasteiger partial charge in [-0.2, -0.15) is 0 Å². The number of rotatable bonds is 2. The molecule has 3 nitrogen and oxygen atoms in total. The third-order valence-electron chi connectivity index (χ3n) is 1.61. The van der Waals surface area contributed by atoms with Crippen LogP contribution in [0.2, 0.25) is 0 Å². The SMILES string of the molecule is CCOC(=O)c1c(N)ccc(Br)c1F. The number of benzene rings is 1. The molecule has 0 aliphatic carbocycles. The Labute approximate surface area is 89.2 Å². The van der Waals surface area contributed by atoms with Crippen LogP contribution < -0.4 is 5.73 Å². The number of halogens is 2. The first-order valence-corrected chi connectivity index (χ1v) is 4.77. The van der Waals surface area contributed by atoms with Gasteiger partial charge in [-0.25, -0.2) is 9.18 Å². The van der Waals surface area contributed by atoms with Crippen LogP contribution in [0.5, 0.6) is 0 Å². The Morgan fingerprint density at radius 2 is 2.29 bits per heavy atom. The van der Waals surface area contributed by atoms with Gasteiger partial charge in [-0.3, -0.25) is 0 Å². The third kappa shape index (κ3) is 2.04. The van der Waals surface area contributed by atoms with Gasteiger partial charge in [0.05, 0.1) is 11.1 Å². The molecule has 0 unspecified atom stereocenters. The van der Waals surface area contributed by atoms with Crippen molar-refractivity contribution in [3.8, 4) is 0 Å². The number of nitrogen functional groups attached to an aromatic ring is 1. The molecule has 0 aromatic heterocycles. The van der Waals surface area contributed by atoms with Crippen molar-refractivity contribution in [2.24, 2.45) is 0 Å². The summed E-state index contributed by atoms with van der Waals surface area (Å²) in [5, 5.41) is 0. The van der Waals surface area contributed by atoms with Crippen molar-refractivity contribution in [1.29, 1.82) is 0 Å². The van der Waals surface area contributed by atoms with E-state index in [0.29, 0.717) is 0 Å². The van der Waals surface area contributed by atoms with Crippen molar-refractivity contribution in [3.63, 3.8) is 0 Å². The smallest absolute Gasteiger partial charge is 0.343 e. The number of hydrogen-bond donors (Lipinski definition) is 1. The van der Waals surface area contributed by atoms with Crippen molar-refractivity contribution in [2.45, 2.75) is 6.92 Å². The van der Waals surface area contributed by atoms with E-state index in [4.69, 9.17) is 5.73 Å². The van der Waals surface area contributed by atoms with Crippen LogP contribution in [0.15, 0.2) is 16.6 Å². The van der Waals surface area contributed by atoms with Crippen molar-refractivity contribution in [2.75, 3.05) is 12.3 Å². The van der Waals surface area contributed by atoms with E-state index in [1.807, 2.05) is 0 Å². The Morgan fingerprint density at radius 3 is 2.86 bits per heavy atom. The molecule has 0 amide bonds. The van der Waals surface area contributed by atoms with Gasteiger partial charge in [-0.05, 0) is 35.0 Å². The molecule has 0 heterocycles. The number of carbonyl (C=O) groups is 1. The minimum Gasteiger partial charge on any atom is -0.462 e. The molecule has 0 aliphatic heterocycles. The summed E-state index contributed by atoms with van der Waals surface area (Å²) < 4.78 is 18.3. The highest BCUT2D eigenvalue weighted by atomic mass is 79.9. The molecule has 5 heteroatoms. The topological polar surface area (TPSA) is 52.3 Å². The van der Waals surface area contributed by atoms with Crippen molar-refractivity contribution in [3.05, 3.63) is 28.0 Å². The summed E-state index contributed by atoms with van der Waals surface area (Å²) in [5.74, 6) is -1.44. The highest BCUT2D eigenvalue weighted by molar-refractivity contribution is 9.10. The molecule has 0 bridgehead atoms. The summed E-state index contributed by atoms with van der Waals surface area (Å²) in [5.41, 5.74) is 5.31. The predicted octanol–water partition coefficient (Wildman–Crippen LogP) is 2.35. The van der Waals surface area contributed by atoms with Gasteiger partial charge in [0.15, 0.2) is 5.82 Å². The van der Waals surface area contributed by atoms with E-state index < -0.39 is 11.8 Å². The Hall–Kier alpha value is -1.10. The van der Waals surface area contributed by atoms with E-state index in [0.717, 1.165) is 0 Å². The largest absolute Gasteiger partial charge is 0.462 e. The second kappa shape index (κ2) is 4.41. The Balaban J connectivity index is 3.18. The average molecular weight is 262 g/mol. The molecule has 0 atom stereocenters. The monoisotopic (exact) mass is 261 g/mol. The molecule has 1 rings (SSSR count). The highest BCUT2D eigenvalue weighted by Gasteiger charge is 2.18. The van der Waals surface area contributed by atoms with E-state index >= 15 is 0 Å². The maximum atomic E-state index is 13.4. The van der Waals surface area contributed by atoms with Crippen LogP contribution in [-0.4, -0.2) is 12.6 Å². The molecule has 0 aliphatic rings. The first-order chi connectivity index (χ1) is 6.57. The minimum atomic E-state index is -0.746. The Kier molecular flexibility index (Phi) is 3.46. The molecule has 1 aromatic rings. The molecule has 0 radical (unpaired) electrons. The second-order valence-electron chi connectivity index (χ2n) is 2.55. The first kappa shape index (κ1) is 11.0. The van der Waals surface area contributed by atoms with E-state index in [2.05, 4.69) is 20.7 Å². The van der Waals surface area contributed by atoms with Gasteiger partial charge in [0.1, 0.15) is 5.56 Å². The quantitative estimate of drug-likeness (QED) is 0.657. The zero-order valence-electron chi connectivity index (χ0n) is 7.51. The Morgan fingerprint density at radius 1 is 1.64 bits per heavy atom. The summed E-state index contributed by atoms with van der Waals surface area (Å²) in [4.78, 5) is 11.3. The van der Waals surface area contributed by atoms with Crippen LogP contribution in [-0.2, 0) is 4.74 Å². The van der Waals surface area contributed by atoms with Crippen LogP contribution in [0.3, 0.4) is 0 Å². The normalized spacial score (nSPS) is 9.93. The number of ether oxygens (including phenoxy) is 1. The molecule has 14 heavy (non-hydrogen) atoms. The molecule has 2 N–H and O–H groups in total. The number of hydrogen-bond acceptors (Lipinski definition) is 3. The van der Waals surface area contributed by atoms with Gasteiger partial charge < -0.3 is 10.5 Å². The fraction of sp³-hybridized carbons (Fsp3) is 0.222. The van der Waals surface area contributed by atoms with Gasteiger partial charge >= 0.3 is 5.97 Å². The summed E-state index contributed by atoms with van der Waals surface area (Å²) in [6, 6.07) is 2.88. The fourth-order valence-electron chi connectivity index (χ4n) is 0.976. The summed E-state index contributed by atoms with van der Waals surface area (Å²) in [6.07, 6.45) is 0. The van der Waals surface area contributed by atoms with Crippen LogP contribution in [0.25, 0.3) is 0 Å². The van der Waals surface area contributed by atoms with E-state index in [1.54, 1.807) is 6.92 Å². The zero-order valence-corrected chi connectivity index (χ0v) is 9.10. The zero-order chi connectivity index (χ0) is 10.7. The molecular weight excluding hydrogens is 253 g/mol. The van der Waals surface area contributed by atoms with Crippen LogP contribution in [0.4, 0.5) is 10.1 Å². The fourth-order valence-corrected chi connectivity index (χ4v) is 1.31. The summed E-state index contributed by atoms with van der Waals surface area (Å²) in [7, 11) is 0. The Bertz CT molecular complexity index is 368. The summed E-state index contributed by atoms with van der Waals surface area (Å²) in [6.45, 7) is 1.83. The average Bonchev–Trinajstić information content (AvgIpc) is 2.13. The maximum Gasteiger partial charge on any atom is 0.343 e. The lowest BCUT2D eigenvalue weighted by atomic mass is 10.2. The van der Waals surface area contributed by atoms with Gasteiger partial charge in [-0.1, -0.05) is 0 Å². The van der Waals surface area contributed by atoms with Gasteiger partial charge in [0.25, 0.3) is 0 Å². The van der Waals surface area contributed by atoms with Crippen LogP contribution >= 0.6 is 15.9 Å². The third-order valence-corrected chi connectivity index (χ3v) is 2.22. The van der Waals surface area contributed by atoms with Crippen molar-refractivity contribution in [1.82, 2.24) is 0 Å². The summed E-state index contributed by atoms with van der Waals surface area (Å²) >= 11 is 2.96. The highest BCUT2D eigenvalue weighted by Crippen LogP contribution is 2.24. The molecule has 0 saturated heterocycles. The van der Waals surface area contributed by atoms with Crippen LogP contribution in [0.1, 0.15) is 17.3 Å². The molecule has 0 fully saturated rings. The van der Waals surface area contributed by atoms with E-state index in [-0.39, 0.29) is 22.3 Å². The molecule has 76 valence electrons. The number of carbonyl (C=O) groups excluding carboxylic acids is 1. The van der Waals surface area contributed by atoms with Crippen molar-refractivity contribution >= 4 is 27.6 Å². The second-order valence-corrected chi connectivity index (χ2v) is 3.40. The van der Waals surface area contributed by atoms with Crippen molar-refractivity contribution < 1.29 is 13.9 Å². The number of anilines is 1. The molecular formula is C9H9BrFNO2. The van der Waals surface area contributed by atoms with Gasteiger partial charge in [-0.15, -0.1) is 0 Å². The molecule has 1 aromatic carbocycles. The number of nitrogens with two attached hydrogens (primary N) is 1. The maximum absolute atomic E-state index is 13.4. The van der Waals surface area contributed by atoms with Gasteiger partial charge in [0.2, 0.25) is 0 Å². The molecule has 0 spiro atoms. The predicted molar refractivity (Wildman–Crippen MR) is 54.5 cm³/mol.